The van der Waals surface area contributed by atoms with Crippen LogP contribution in [-0.2, 0) is 21.4 Å². The Balaban J connectivity index is 1.65. The van der Waals surface area contributed by atoms with Crippen LogP contribution >= 0.6 is 0 Å². The number of benzene rings is 2. The third kappa shape index (κ3) is 7.07. The number of fused-ring (bicyclic) bond motifs is 1. The van der Waals surface area contributed by atoms with Crippen molar-refractivity contribution in [3.63, 3.8) is 0 Å². The van der Waals surface area contributed by atoms with Crippen LogP contribution in [0.2, 0.25) is 0 Å². The molecule has 0 saturated heterocycles. The lowest BCUT2D eigenvalue weighted by Gasteiger charge is -2.48. The normalized spacial score (nSPS) is 20.8. The van der Waals surface area contributed by atoms with Crippen LogP contribution in [0, 0.1) is 17.7 Å². The van der Waals surface area contributed by atoms with Crippen molar-refractivity contribution in [2.24, 2.45) is 11.8 Å². The molecule has 1 aliphatic carbocycles. The number of ether oxygens (including phenoxy) is 1. The molecule has 0 radical (unpaired) electrons. The lowest BCUT2D eigenvalue weighted by atomic mass is 9.55. The number of carboxylic acids is 1. The molecule has 0 fully saturated rings. The smallest absolute Gasteiger partial charge is 0.411 e. The number of aryl methyl sites for hydroxylation is 1. The van der Waals surface area contributed by atoms with Gasteiger partial charge in [-0.1, -0.05) is 50.2 Å². The maximum atomic E-state index is 13.9. The molecule has 2 N–H and O–H groups in total. The quantitative estimate of drug-likeness (QED) is 0.255. The van der Waals surface area contributed by atoms with Gasteiger partial charge in [-0.3, -0.25) is 4.79 Å². The summed E-state index contributed by atoms with van der Waals surface area (Å²) in [5.74, 6) is -1.10. The molecular formula is C28H35F4NO3. The average Bonchev–Trinajstić information content (AvgIpc) is 2.81. The molecule has 0 bridgehead atoms. The van der Waals surface area contributed by atoms with Crippen molar-refractivity contribution in [3.05, 3.63) is 71.0 Å². The molecule has 4 nitrogen and oxygen atoms in total. The van der Waals surface area contributed by atoms with Gasteiger partial charge in [-0.15, -0.1) is 0 Å². The SMILES string of the molecule is CC(C)C1(CC(=O)O)c2ccc(F)cc2CCC1CCNCCC(OCC(F)(F)F)c1ccccc1. The van der Waals surface area contributed by atoms with Crippen LogP contribution in [0.25, 0.3) is 0 Å². The molecule has 2 aromatic rings. The van der Waals surface area contributed by atoms with E-state index >= 15 is 0 Å². The third-order valence-electron chi connectivity index (χ3n) is 7.41. The van der Waals surface area contributed by atoms with Crippen LogP contribution in [0.1, 0.15) is 62.3 Å². The van der Waals surface area contributed by atoms with Crippen molar-refractivity contribution in [1.29, 1.82) is 0 Å². The Morgan fingerprint density at radius 1 is 1.17 bits per heavy atom. The van der Waals surface area contributed by atoms with Gasteiger partial charge in [-0.2, -0.15) is 13.2 Å². The standard InChI is InChI=1S/C28H35F4NO3/c1-19(2)27(17-26(34)35)22(9-8-21-16-23(29)10-11-24(21)27)12-14-33-15-13-25(36-18-28(30,31)32)20-6-4-3-5-7-20/h3-7,10-11,16,19,22,25,33H,8-9,12-15,17-18H2,1-2H3,(H,34,35). The Morgan fingerprint density at radius 2 is 1.89 bits per heavy atom. The molecule has 0 amide bonds. The Bertz CT molecular complexity index is 996. The van der Waals surface area contributed by atoms with Gasteiger partial charge in [0.25, 0.3) is 0 Å². The fourth-order valence-electron chi connectivity index (χ4n) is 5.75. The fraction of sp³-hybridized carbons (Fsp3) is 0.536. The van der Waals surface area contributed by atoms with E-state index in [1.165, 1.54) is 12.1 Å². The third-order valence-corrected chi connectivity index (χ3v) is 7.41. The molecule has 3 atom stereocenters. The molecule has 198 valence electrons. The summed E-state index contributed by atoms with van der Waals surface area (Å²) in [5, 5.41) is 13.1. The average molecular weight is 510 g/mol. The summed E-state index contributed by atoms with van der Waals surface area (Å²) >= 11 is 0. The van der Waals surface area contributed by atoms with E-state index in [0.29, 0.717) is 37.9 Å². The summed E-state index contributed by atoms with van der Waals surface area (Å²) in [6.45, 7) is 3.78. The van der Waals surface area contributed by atoms with Crippen molar-refractivity contribution < 1.29 is 32.2 Å². The molecule has 2 aromatic carbocycles. The Hall–Kier alpha value is -2.45. The first-order valence-corrected chi connectivity index (χ1v) is 12.5. The number of hydrogen-bond donors (Lipinski definition) is 2. The first-order valence-electron chi connectivity index (χ1n) is 12.5. The molecule has 0 aromatic heterocycles. The van der Waals surface area contributed by atoms with Gasteiger partial charge in [-0.05, 0) is 79.4 Å². The Labute approximate surface area is 210 Å². The highest BCUT2D eigenvalue weighted by atomic mass is 19.4. The minimum absolute atomic E-state index is 0.0290. The zero-order chi connectivity index (χ0) is 26.3. The zero-order valence-corrected chi connectivity index (χ0v) is 20.8. The van der Waals surface area contributed by atoms with E-state index in [9.17, 15) is 27.5 Å². The van der Waals surface area contributed by atoms with Gasteiger partial charge >= 0.3 is 12.1 Å². The number of carboxylic acid groups (broad SMARTS) is 1. The lowest BCUT2D eigenvalue weighted by molar-refractivity contribution is -0.186. The van der Waals surface area contributed by atoms with Crippen molar-refractivity contribution in [1.82, 2.24) is 5.32 Å². The minimum Gasteiger partial charge on any atom is -0.481 e. The topological polar surface area (TPSA) is 58.6 Å². The van der Waals surface area contributed by atoms with Gasteiger partial charge in [0.05, 0.1) is 12.5 Å². The first kappa shape index (κ1) is 28.1. The first-order chi connectivity index (χ1) is 17.0. The molecule has 0 heterocycles. The number of aliphatic carboxylic acids is 1. The van der Waals surface area contributed by atoms with Gasteiger partial charge in [0.15, 0.2) is 0 Å². The molecule has 0 aliphatic heterocycles. The van der Waals surface area contributed by atoms with Gasteiger partial charge in [0.2, 0.25) is 0 Å². The Morgan fingerprint density at radius 3 is 2.53 bits per heavy atom. The van der Waals surface area contributed by atoms with E-state index in [-0.39, 0.29) is 24.1 Å². The van der Waals surface area contributed by atoms with Crippen molar-refractivity contribution in [2.75, 3.05) is 19.7 Å². The number of nitrogens with one attached hydrogen (secondary N) is 1. The van der Waals surface area contributed by atoms with Crippen molar-refractivity contribution >= 4 is 5.97 Å². The fourth-order valence-corrected chi connectivity index (χ4v) is 5.75. The van der Waals surface area contributed by atoms with Crippen LogP contribution in [0.5, 0.6) is 0 Å². The van der Waals surface area contributed by atoms with Gasteiger partial charge in [0.1, 0.15) is 12.4 Å². The molecule has 0 spiro atoms. The van der Waals surface area contributed by atoms with E-state index in [0.717, 1.165) is 17.5 Å². The monoisotopic (exact) mass is 509 g/mol. The van der Waals surface area contributed by atoms with Crippen LogP contribution in [0.3, 0.4) is 0 Å². The van der Waals surface area contributed by atoms with E-state index in [1.807, 2.05) is 13.8 Å². The summed E-state index contributed by atoms with van der Waals surface area (Å²) in [4.78, 5) is 11.9. The second-order valence-corrected chi connectivity index (χ2v) is 9.96. The van der Waals surface area contributed by atoms with Gasteiger partial charge in [0, 0.05) is 5.41 Å². The second kappa shape index (κ2) is 12.2. The second-order valence-electron chi connectivity index (χ2n) is 9.96. The summed E-state index contributed by atoms with van der Waals surface area (Å²) in [7, 11) is 0. The minimum atomic E-state index is -4.40. The highest BCUT2D eigenvalue weighted by Gasteiger charge is 2.47. The predicted octanol–water partition coefficient (Wildman–Crippen LogP) is 6.45. The summed E-state index contributed by atoms with van der Waals surface area (Å²) in [6.07, 6.45) is -2.59. The molecule has 3 rings (SSSR count). The number of carbonyl (C=O) groups is 1. The number of rotatable bonds is 12. The van der Waals surface area contributed by atoms with E-state index in [4.69, 9.17) is 4.74 Å². The van der Waals surface area contributed by atoms with Gasteiger partial charge < -0.3 is 15.2 Å². The lowest BCUT2D eigenvalue weighted by Crippen LogP contribution is -2.46. The van der Waals surface area contributed by atoms with E-state index in [1.54, 1.807) is 36.4 Å². The van der Waals surface area contributed by atoms with E-state index in [2.05, 4.69) is 5.32 Å². The Kier molecular flexibility index (Phi) is 9.53. The summed E-state index contributed by atoms with van der Waals surface area (Å²) in [5.41, 5.74) is 1.88. The maximum Gasteiger partial charge on any atom is 0.411 e. The summed E-state index contributed by atoms with van der Waals surface area (Å²) in [6, 6.07) is 13.5. The highest BCUT2D eigenvalue weighted by Crippen LogP contribution is 2.50. The van der Waals surface area contributed by atoms with Crippen molar-refractivity contribution in [2.45, 2.75) is 63.6 Å². The van der Waals surface area contributed by atoms with Crippen LogP contribution in [0.15, 0.2) is 48.5 Å². The molecule has 0 saturated carbocycles. The van der Waals surface area contributed by atoms with Crippen LogP contribution < -0.4 is 5.32 Å². The van der Waals surface area contributed by atoms with Gasteiger partial charge in [-0.25, -0.2) is 4.39 Å². The largest absolute Gasteiger partial charge is 0.481 e. The molecule has 1 aliphatic rings. The number of alkyl halides is 3. The number of halogens is 4. The highest BCUT2D eigenvalue weighted by molar-refractivity contribution is 5.70. The predicted molar refractivity (Wildman–Crippen MR) is 130 cm³/mol. The molecular weight excluding hydrogens is 474 g/mol. The molecule has 36 heavy (non-hydrogen) atoms. The van der Waals surface area contributed by atoms with Crippen LogP contribution in [0.4, 0.5) is 17.6 Å². The summed E-state index contributed by atoms with van der Waals surface area (Å²) < 4.78 is 57.3. The van der Waals surface area contributed by atoms with Crippen LogP contribution in [-0.4, -0.2) is 36.9 Å². The van der Waals surface area contributed by atoms with E-state index < -0.39 is 30.3 Å². The maximum absolute atomic E-state index is 13.9. The number of hydrogen-bond acceptors (Lipinski definition) is 3. The molecule has 3 unspecified atom stereocenters. The zero-order valence-electron chi connectivity index (χ0n) is 20.8. The van der Waals surface area contributed by atoms with Crippen molar-refractivity contribution in [3.8, 4) is 0 Å². The molecule has 8 heteroatoms.